The van der Waals surface area contributed by atoms with E-state index in [1.807, 2.05) is 18.2 Å². The molecule has 5 rings (SSSR count). The number of hydrogen-bond donors (Lipinski definition) is 0. The first kappa shape index (κ1) is 19.0. The van der Waals surface area contributed by atoms with Crippen molar-refractivity contribution in [3.05, 3.63) is 71.5 Å². The molecule has 0 spiro atoms. The average Bonchev–Trinajstić information content (AvgIpc) is 3.15. The molecule has 0 bridgehead atoms. The molecule has 7 heteroatoms. The maximum Gasteiger partial charge on any atom is 0.246 e. The van der Waals surface area contributed by atoms with Gasteiger partial charge in [0, 0.05) is 18.2 Å². The summed E-state index contributed by atoms with van der Waals surface area (Å²) < 4.78 is 7.73. The highest BCUT2D eigenvalue weighted by Gasteiger charge is 2.15. The Bertz CT molecular complexity index is 1150. The zero-order valence-corrected chi connectivity index (χ0v) is 17.3. The van der Waals surface area contributed by atoms with Crippen LogP contribution in [0.3, 0.4) is 0 Å². The van der Waals surface area contributed by atoms with E-state index in [4.69, 9.17) is 16.3 Å². The lowest BCUT2D eigenvalue weighted by Gasteiger charge is -2.26. The molecule has 1 aliphatic rings. The first-order valence-electron chi connectivity index (χ1n) is 10.2. The highest BCUT2D eigenvalue weighted by Crippen LogP contribution is 2.34. The van der Waals surface area contributed by atoms with E-state index in [9.17, 15) is 0 Å². The zero-order chi connectivity index (χ0) is 20.3. The maximum absolute atomic E-state index is 6.26. The minimum absolute atomic E-state index is 0.206. The molecule has 0 N–H and O–H groups in total. The first-order valence-corrected chi connectivity index (χ1v) is 10.6. The minimum Gasteiger partial charge on any atom is -0.437 e. The molecule has 0 saturated carbocycles. The summed E-state index contributed by atoms with van der Waals surface area (Å²) in [6, 6.07) is 20.3. The molecule has 2 aromatic carbocycles. The van der Waals surface area contributed by atoms with E-state index >= 15 is 0 Å². The van der Waals surface area contributed by atoms with Crippen LogP contribution >= 0.6 is 11.6 Å². The summed E-state index contributed by atoms with van der Waals surface area (Å²) in [7, 11) is 0. The van der Waals surface area contributed by atoms with Crippen LogP contribution in [0, 0.1) is 0 Å². The molecule has 6 nitrogen and oxygen atoms in total. The summed E-state index contributed by atoms with van der Waals surface area (Å²) in [6.45, 7) is 3.23. The Labute approximate surface area is 180 Å². The highest BCUT2D eigenvalue weighted by molar-refractivity contribution is 6.28. The number of hydrogen-bond acceptors (Lipinski definition) is 5. The van der Waals surface area contributed by atoms with Gasteiger partial charge in [0.15, 0.2) is 5.65 Å². The maximum atomic E-state index is 6.26. The predicted octanol–water partition coefficient (Wildman–Crippen LogP) is 5.22. The molecule has 30 heavy (non-hydrogen) atoms. The van der Waals surface area contributed by atoms with Crippen LogP contribution in [0.4, 0.5) is 0 Å². The molecule has 0 radical (unpaired) electrons. The lowest BCUT2D eigenvalue weighted by atomic mass is 10.0. The quantitative estimate of drug-likeness (QED) is 0.443. The van der Waals surface area contributed by atoms with Gasteiger partial charge in [-0.05, 0) is 60.8 Å². The van der Waals surface area contributed by atoms with Gasteiger partial charge in [-0.2, -0.15) is 4.52 Å². The number of nitrogens with zero attached hydrogens (tertiary/aromatic N) is 5. The van der Waals surface area contributed by atoms with E-state index in [2.05, 4.69) is 50.5 Å². The molecule has 152 valence electrons. The Morgan fingerprint density at radius 1 is 0.900 bits per heavy atom. The van der Waals surface area contributed by atoms with Gasteiger partial charge < -0.3 is 4.74 Å². The number of halogens is 1. The second-order valence-corrected chi connectivity index (χ2v) is 7.88. The van der Waals surface area contributed by atoms with Crippen LogP contribution in [0.25, 0.3) is 16.8 Å². The second-order valence-electron chi connectivity index (χ2n) is 7.55. The Hall–Kier alpha value is -2.96. The van der Waals surface area contributed by atoms with E-state index in [1.54, 1.807) is 12.1 Å². The van der Waals surface area contributed by atoms with Gasteiger partial charge in [0.05, 0.1) is 0 Å². The normalized spacial score (nSPS) is 14.8. The van der Waals surface area contributed by atoms with Crippen LogP contribution in [0.1, 0.15) is 24.8 Å². The SMILES string of the molecule is Clc1nnc2ccc(Oc3cc(CN4CCCCC4)ccc3-c3ccccc3)nn12. The standard InChI is InChI=1S/C23H22ClN5O/c24-23-26-25-21-11-12-22(27-29(21)23)30-20-15-17(16-28-13-5-2-6-14-28)9-10-19(20)18-7-3-1-4-8-18/h1,3-4,7-12,15H,2,5-6,13-14,16H2. The van der Waals surface area contributed by atoms with E-state index in [-0.39, 0.29) is 5.28 Å². The lowest BCUT2D eigenvalue weighted by Crippen LogP contribution is -2.29. The van der Waals surface area contributed by atoms with E-state index in [1.165, 1.54) is 29.3 Å². The van der Waals surface area contributed by atoms with Crippen molar-refractivity contribution in [1.29, 1.82) is 0 Å². The molecular weight excluding hydrogens is 398 g/mol. The number of ether oxygens (including phenoxy) is 1. The van der Waals surface area contributed by atoms with E-state index in [0.29, 0.717) is 11.5 Å². The van der Waals surface area contributed by atoms with Gasteiger partial charge in [0.2, 0.25) is 11.2 Å². The second kappa shape index (κ2) is 8.42. The van der Waals surface area contributed by atoms with Crippen LogP contribution in [0.2, 0.25) is 5.28 Å². The van der Waals surface area contributed by atoms with Gasteiger partial charge in [-0.25, -0.2) is 0 Å². The van der Waals surface area contributed by atoms with Crippen LogP contribution in [-0.2, 0) is 6.54 Å². The van der Waals surface area contributed by atoms with Crippen LogP contribution < -0.4 is 4.74 Å². The summed E-state index contributed by atoms with van der Waals surface area (Å²) >= 11 is 6.07. The van der Waals surface area contributed by atoms with Gasteiger partial charge in [-0.15, -0.1) is 15.3 Å². The van der Waals surface area contributed by atoms with Crippen molar-refractivity contribution in [2.75, 3.05) is 13.1 Å². The van der Waals surface area contributed by atoms with Crippen LogP contribution in [0.15, 0.2) is 60.7 Å². The largest absolute Gasteiger partial charge is 0.437 e. The van der Waals surface area contributed by atoms with Crippen molar-refractivity contribution in [3.8, 4) is 22.8 Å². The van der Waals surface area contributed by atoms with Gasteiger partial charge in [0.25, 0.3) is 0 Å². The Balaban J connectivity index is 1.50. The summed E-state index contributed by atoms with van der Waals surface area (Å²) in [5.74, 6) is 1.21. The Morgan fingerprint density at radius 2 is 1.73 bits per heavy atom. The number of aromatic nitrogens is 4. The van der Waals surface area contributed by atoms with Crippen LogP contribution in [-0.4, -0.2) is 37.8 Å². The molecule has 0 amide bonds. The van der Waals surface area contributed by atoms with Gasteiger partial charge in [0.1, 0.15) is 5.75 Å². The topological polar surface area (TPSA) is 55.6 Å². The van der Waals surface area contributed by atoms with Crippen molar-refractivity contribution in [1.82, 2.24) is 24.7 Å². The van der Waals surface area contributed by atoms with Crippen LogP contribution in [0.5, 0.6) is 11.6 Å². The lowest BCUT2D eigenvalue weighted by molar-refractivity contribution is 0.220. The molecular formula is C23H22ClN5O. The molecule has 3 heterocycles. The summed E-state index contributed by atoms with van der Waals surface area (Å²) in [5.41, 5.74) is 3.93. The smallest absolute Gasteiger partial charge is 0.246 e. The zero-order valence-electron chi connectivity index (χ0n) is 16.5. The number of piperidine rings is 1. The molecule has 2 aromatic heterocycles. The van der Waals surface area contributed by atoms with E-state index in [0.717, 1.165) is 36.5 Å². The molecule has 0 unspecified atom stereocenters. The summed E-state index contributed by atoms with van der Waals surface area (Å²) in [4.78, 5) is 2.51. The van der Waals surface area contributed by atoms with E-state index < -0.39 is 0 Å². The number of likely N-dealkylation sites (tertiary alicyclic amines) is 1. The Kier molecular flexibility index (Phi) is 5.34. The number of rotatable bonds is 5. The third kappa shape index (κ3) is 4.01. The van der Waals surface area contributed by atoms with Gasteiger partial charge in [-0.1, -0.05) is 48.9 Å². The molecule has 4 aromatic rings. The molecule has 0 atom stereocenters. The average molecular weight is 420 g/mol. The third-order valence-electron chi connectivity index (χ3n) is 5.40. The summed E-state index contributed by atoms with van der Waals surface area (Å²) in [6.07, 6.45) is 3.88. The monoisotopic (exact) mass is 419 g/mol. The van der Waals surface area contributed by atoms with Crippen molar-refractivity contribution in [2.24, 2.45) is 0 Å². The van der Waals surface area contributed by atoms with Crippen molar-refractivity contribution in [2.45, 2.75) is 25.8 Å². The Morgan fingerprint density at radius 3 is 2.57 bits per heavy atom. The van der Waals surface area contributed by atoms with Crippen molar-refractivity contribution >= 4 is 17.2 Å². The molecule has 0 aliphatic carbocycles. The highest BCUT2D eigenvalue weighted by atomic mass is 35.5. The van der Waals surface area contributed by atoms with Crippen molar-refractivity contribution in [3.63, 3.8) is 0 Å². The molecule has 1 saturated heterocycles. The molecule has 1 aliphatic heterocycles. The first-order chi connectivity index (χ1) is 14.8. The number of fused-ring (bicyclic) bond motifs is 1. The summed E-state index contributed by atoms with van der Waals surface area (Å²) in [5, 5.41) is 12.5. The third-order valence-corrected chi connectivity index (χ3v) is 5.64. The fourth-order valence-corrected chi connectivity index (χ4v) is 4.06. The van der Waals surface area contributed by atoms with Gasteiger partial charge in [-0.3, -0.25) is 4.90 Å². The predicted molar refractivity (Wildman–Crippen MR) is 117 cm³/mol. The van der Waals surface area contributed by atoms with Gasteiger partial charge >= 0.3 is 0 Å². The van der Waals surface area contributed by atoms with Crippen molar-refractivity contribution < 1.29 is 4.74 Å². The fourth-order valence-electron chi connectivity index (χ4n) is 3.89. The fraction of sp³-hybridized carbons (Fsp3) is 0.261. The molecule has 1 fully saturated rings. The number of benzene rings is 2. The minimum atomic E-state index is 0.206.